The van der Waals surface area contributed by atoms with E-state index in [0.717, 1.165) is 51.4 Å². The van der Waals surface area contributed by atoms with Crippen LogP contribution in [-0.4, -0.2) is 35.5 Å². The van der Waals surface area contributed by atoms with Gasteiger partial charge >= 0.3 is 5.97 Å². The summed E-state index contributed by atoms with van der Waals surface area (Å²) in [5.74, 6) is 0.686. The molecule has 0 aliphatic heterocycles. The fraction of sp³-hybridized carbons (Fsp3) is 0.850. The topological polar surface area (TPSA) is 66.8 Å². The summed E-state index contributed by atoms with van der Waals surface area (Å²) in [5, 5.41) is 20.3. The van der Waals surface area contributed by atoms with Crippen molar-refractivity contribution in [2.75, 3.05) is 7.11 Å². The number of rotatable bonds is 11. The first-order chi connectivity index (χ1) is 11.5. The van der Waals surface area contributed by atoms with Crippen molar-refractivity contribution in [1.82, 2.24) is 0 Å². The SMILES string of the molecule is CCCCCC(O)/C=C/[C@H]1CC[C@@H](O)[C@H]1CCC(C)CC(=O)OC. The number of aliphatic hydroxyl groups excluding tert-OH is 2. The number of allylic oxidation sites excluding steroid dienone is 1. The predicted molar refractivity (Wildman–Crippen MR) is 96.5 cm³/mol. The van der Waals surface area contributed by atoms with Crippen molar-refractivity contribution in [3.05, 3.63) is 12.2 Å². The molecule has 0 amide bonds. The van der Waals surface area contributed by atoms with E-state index in [-0.39, 0.29) is 30.0 Å². The van der Waals surface area contributed by atoms with Crippen molar-refractivity contribution >= 4 is 5.97 Å². The first-order valence-electron chi connectivity index (χ1n) is 9.59. The van der Waals surface area contributed by atoms with Gasteiger partial charge in [-0.15, -0.1) is 0 Å². The molecule has 1 saturated carbocycles. The van der Waals surface area contributed by atoms with Crippen LogP contribution in [0, 0.1) is 17.8 Å². The molecule has 0 aromatic rings. The fourth-order valence-corrected chi connectivity index (χ4v) is 3.64. The van der Waals surface area contributed by atoms with Crippen molar-refractivity contribution < 1.29 is 19.7 Å². The number of unbranched alkanes of at least 4 members (excludes halogenated alkanes) is 2. The van der Waals surface area contributed by atoms with Crippen LogP contribution in [0.5, 0.6) is 0 Å². The number of hydrogen-bond donors (Lipinski definition) is 2. The molecule has 0 saturated heterocycles. The zero-order valence-corrected chi connectivity index (χ0v) is 15.6. The minimum atomic E-state index is -0.367. The monoisotopic (exact) mass is 340 g/mol. The second kappa shape index (κ2) is 11.6. The van der Waals surface area contributed by atoms with Crippen LogP contribution in [0.3, 0.4) is 0 Å². The molecule has 0 aromatic heterocycles. The third-order valence-corrected chi connectivity index (χ3v) is 5.26. The summed E-state index contributed by atoms with van der Waals surface area (Å²) in [6.07, 6.45) is 11.7. The molecule has 140 valence electrons. The molecule has 5 atom stereocenters. The van der Waals surface area contributed by atoms with Gasteiger partial charge in [-0.05, 0) is 49.9 Å². The number of hydrogen-bond acceptors (Lipinski definition) is 4. The highest BCUT2D eigenvalue weighted by atomic mass is 16.5. The third kappa shape index (κ3) is 7.80. The Morgan fingerprint density at radius 3 is 2.71 bits per heavy atom. The van der Waals surface area contributed by atoms with E-state index in [1.807, 2.05) is 6.08 Å². The van der Waals surface area contributed by atoms with Crippen LogP contribution < -0.4 is 0 Å². The van der Waals surface area contributed by atoms with E-state index < -0.39 is 0 Å². The Hall–Kier alpha value is -0.870. The highest BCUT2D eigenvalue weighted by molar-refractivity contribution is 5.69. The lowest BCUT2D eigenvalue weighted by molar-refractivity contribution is -0.141. The van der Waals surface area contributed by atoms with E-state index in [9.17, 15) is 15.0 Å². The number of esters is 1. The van der Waals surface area contributed by atoms with Gasteiger partial charge in [-0.3, -0.25) is 4.79 Å². The van der Waals surface area contributed by atoms with Crippen LogP contribution in [-0.2, 0) is 9.53 Å². The van der Waals surface area contributed by atoms with Gasteiger partial charge in [0.15, 0.2) is 0 Å². The van der Waals surface area contributed by atoms with Crippen molar-refractivity contribution in [2.24, 2.45) is 17.8 Å². The normalized spacial score (nSPS) is 26.6. The largest absolute Gasteiger partial charge is 0.469 e. The molecule has 0 aromatic carbocycles. The molecule has 2 unspecified atom stereocenters. The number of carbonyl (C=O) groups is 1. The molecule has 4 heteroatoms. The fourth-order valence-electron chi connectivity index (χ4n) is 3.64. The standard InChI is InChI=1S/C20H36O4/c1-4-5-6-7-17(21)11-9-16-10-13-19(22)18(16)12-8-15(2)14-20(23)24-3/h9,11,15-19,21-22H,4-8,10,12-14H2,1-3H3/b11-9+/t15?,16-,17?,18-,19+/m0/s1. The summed E-state index contributed by atoms with van der Waals surface area (Å²) in [6.45, 7) is 4.22. The molecule has 24 heavy (non-hydrogen) atoms. The minimum absolute atomic E-state index is 0.166. The van der Waals surface area contributed by atoms with Gasteiger partial charge in [0.05, 0.1) is 19.3 Å². The van der Waals surface area contributed by atoms with Gasteiger partial charge < -0.3 is 14.9 Å². The highest BCUT2D eigenvalue weighted by Crippen LogP contribution is 2.37. The van der Waals surface area contributed by atoms with Gasteiger partial charge in [0.1, 0.15) is 0 Å². The van der Waals surface area contributed by atoms with Gasteiger partial charge in [0.25, 0.3) is 0 Å². The van der Waals surface area contributed by atoms with E-state index in [1.54, 1.807) is 0 Å². The van der Waals surface area contributed by atoms with Crippen molar-refractivity contribution in [1.29, 1.82) is 0 Å². The average molecular weight is 341 g/mol. The lowest BCUT2D eigenvalue weighted by atomic mass is 9.86. The van der Waals surface area contributed by atoms with E-state index >= 15 is 0 Å². The summed E-state index contributed by atoms with van der Waals surface area (Å²) in [5.41, 5.74) is 0. The Morgan fingerprint density at radius 2 is 2.04 bits per heavy atom. The Labute approximate surface area is 147 Å². The Morgan fingerprint density at radius 1 is 1.29 bits per heavy atom. The number of methoxy groups -OCH3 is 1. The van der Waals surface area contributed by atoms with Crippen LogP contribution in [0.25, 0.3) is 0 Å². The molecular formula is C20H36O4. The van der Waals surface area contributed by atoms with Gasteiger partial charge in [0.2, 0.25) is 0 Å². The molecule has 1 aliphatic rings. The van der Waals surface area contributed by atoms with Gasteiger partial charge in [0, 0.05) is 6.42 Å². The second-order valence-electron chi connectivity index (χ2n) is 7.38. The summed E-state index contributed by atoms with van der Waals surface area (Å²) < 4.78 is 4.71. The number of ether oxygens (including phenoxy) is 1. The Balaban J connectivity index is 2.42. The average Bonchev–Trinajstić information content (AvgIpc) is 2.91. The number of aliphatic hydroxyl groups is 2. The van der Waals surface area contributed by atoms with E-state index in [0.29, 0.717) is 12.3 Å². The summed E-state index contributed by atoms with van der Waals surface area (Å²) in [7, 11) is 1.42. The van der Waals surface area contributed by atoms with Gasteiger partial charge in [-0.25, -0.2) is 0 Å². The molecule has 1 aliphatic carbocycles. The second-order valence-corrected chi connectivity index (χ2v) is 7.38. The maximum absolute atomic E-state index is 11.3. The molecule has 0 bridgehead atoms. The quantitative estimate of drug-likeness (QED) is 0.340. The van der Waals surface area contributed by atoms with Crippen LogP contribution in [0.4, 0.5) is 0 Å². The molecule has 0 spiro atoms. The molecule has 1 rings (SSSR count). The van der Waals surface area contributed by atoms with Crippen LogP contribution in [0.1, 0.15) is 71.6 Å². The van der Waals surface area contributed by atoms with E-state index in [4.69, 9.17) is 4.74 Å². The van der Waals surface area contributed by atoms with E-state index in [1.165, 1.54) is 7.11 Å². The zero-order chi connectivity index (χ0) is 17.9. The Kier molecular flexibility index (Phi) is 10.3. The van der Waals surface area contributed by atoms with Crippen molar-refractivity contribution in [2.45, 2.75) is 83.8 Å². The molecule has 4 nitrogen and oxygen atoms in total. The van der Waals surface area contributed by atoms with Crippen LogP contribution >= 0.6 is 0 Å². The minimum Gasteiger partial charge on any atom is -0.469 e. The van der Waals surface area contributed by atoms with Crippen molar-refractivity contribution in [3.8, 4) is 0 Å². The first kappa shape index (κ1) is 21.2. The van der Waals surface area contributed by atoms with Crippen LogP contribution in [0.15, 0.2) is 12.2 Å². The lowest BCUT2D eigenvalue weighted by Gasteiger charge is -2.21. The summed E-state index contributed by atoms with van der Waals surface area (Å²) >= 11 is 0. The van der Waals surface area contributed by atoms with Crippen molar-refractivity contribution in [3.63, 3.8) is 0 Å². The maximum Gasteiger partial charge on any atom is 0.305 e. The summed E-state index contributed by atoms with van der Waals surface area (Å²) in [4.78, 5) is 11.3. The zero-order valence-electron chi connectivity index (χ0n) is 15.6. The first-order valence-corrected chi connectivity index (χ1v) is 9.59. The molecular weight excluding hydrogens is 304 g/mol. The summed E-state index contributed by atoms with van der Waals surface area (Å²) in [6, 6.07) is 0. The lowest BCUT2D eigenvalue weighted by Crippen LogP contribution is -2.20. The Bertz CT molecular complexity index is 380. The van der Waals surface area contributed by atoms with Gasteiger partial charge in [-0.2, -0.15) is 0 Å². The molecule has 1 fully saturated rings. The van der Waals surface area contributed by atoms with Gasteiger partial charge in [-0.1, -0.05) is 45.3 Å². The molecule has 0 radical (unpaired) electrons. The smallest absolute Gasteiger partial charge is 0.305 e. The molecule has 2 N–H and O–H groups in total. The predicted octanol–water partition coefficient (Wildman–Crippen LogP) is 3.85. The maximum atomic E-state index is 11.3. The molecule has 0 heterocycles. The van der Waals surface area contributed by atoms with Crippen LogP contribution in [0.2, 0.25) is 0 Å². The highest BCUT2D eigenvalue weighted by Gasteiger charge is 2.33. The third-order valence-electron chi connectivity index (χ3n) is 5.26. The van der Waals surface area contributed by atoms with E-state index in [2.05, 4.69) is 19.9 Å². The number of carbonyl (C=O) groups excluding carboxylic acids is 1.